The first-order chi connectivity index (χ1) is 7.67. The summed E-state index contributed by atoms with van der Waals surface area (Å²) in [5, 5.41) is 2.47. The molecule has 0 aromatic carbocycles. The highest BCUT2D eigenvalue weighted by atomic mass is 16.7. The van der Waals surface area contributed by atoms with Crippen molar-refractivity contribution in [3.63, 3.8) is 0 Å². The van der Waals surface area contributed by atoms with Crippen LogP contribution in [0.1, 0.15) is 26.7 Å². The van der Waals surface area contributed by atoms with Crippen LogP contribution in [-0.4, -0.2) is 43.7 Å². The second-order valence-corrected chi connectivity index (χ2v) is 4.14. The molecule has 0 aliphatic carbocycles. The Morgan fingerprint density at radius 2 is 1.94 bits per heavy atom. The van der Waals surface area contributed by atoms with Crippen molar-refractivity contribution in [2.24, 2.45) is 5.34 Å². The van der Waals surface area contributed by atoms with Gasteiger partial charge in [0.25, 0.3) is 0 Å². The SMILES string of the molecule is COC(OC(C)C)N1CCC(ON=O)CC1. The Labute approximate surface area is 95.8 Å². The molecular weight excluding hydrogens is 212 g/mol. The van der Waals surface area contributed by atoms with Crippen molar-refractivity contribution in [3.8, 4) is 0 Å². The highest BCUT2D eigenvalue weighted by molar-refractivity contribution is 4.72. The molecule has 0 N–H and O–H groups in total. The maximum Gasteiger partial charge on any atom is 0.218 e. The van der Waals surface area contributed by atoms with Crippen LogP contribution in [-0.2, 0) is 14.3 Å². The molecule has 0 aromatic heterocycles. The molecule has 1 rings (SSSR count). The molecule has 1 aliphatic rings. The van der Waals surface area contributed by atoms with Crippen LogP contribution in [0, 0.1) is 4.91 Å². The predicted octanol–water partition coefficient (Wildman–Crippen LogP) is 1.50. The molecule has 1 unspecified atom stereocenters. The van der Waals surface area contributed by atoms with Gasteiger partial charge in [-0.2, -0.15) is 0 Å². The maximum atomic E-state index is 9.95. The average molecular weight is 232 g/mol. The number of piperidine rings is 1. The minimum Gasteiger partial charge on any atom is -0.361 e. The van der Waals surface area contributed by atoms with Gasteiger partial charge in [0, 0.05) is 20.2 Å². The number of nitrogens with zero attached hydrogens (tertiary/aromatic N) is 2. The normalized spacial score (nSPS) is 21.0. The van der Waals surface area contributed by atoms with Crippen molar-refractivity contribution in [3.05, 3.63) is 4.91 Å². The predicted molar refractivity (Wildman–Crippen MR) is 58.5 cm³/mol. The maximum absolute atomic E-state index is 9.95. The summed E-state index contributed by atoms with van der Waals surface area (Å²) in [6.07, 6.45) is 1.28. The molecule has 0 radical (unpaired) electrons. The summed E-state index contributed by atoms with van der Waals surface area (Å²) in [6.45, 7) is 5.51. The molecule has 6 nitrogen and oxygen atoms in total. The van der Waals surface area contributed by atoms with Crippen LogP contribution in [0.4, 0.5) is 0 Å². The summed E-state index contributed by atoms with van der Waals surface area (Å²) in [6, 6.07) is 0. The molecule has 1 atom stereocenters. The van der Waals surface area contributed by atoms with Gasteiger partial charge in [0.1, 0.15) is 6.10 Å². The van der Waals surface area contributed by atoms with Gasteiger partial charge in [-0.3, -0.25) is 4.90 Å². The molecule has 1 fully saturated rings. The molecule has 1 saturated heterocycles. The van der Waals surface area contributed by atoms with Crippen LogP contribution in [0.15, 0.2) is 5.34 Å². The molecule has 1 heterocycles. The first-order valence-electron chi connectivity index (χ1n) is 5.58. The summed E-state index contributed by atoms with van der Waals surface area (Å²) >= 11 is 0. The van der Waals surface area contributed by atoms with E-state index in [9.17, 15) is 4.91 Å². The lowest BCUT2D eigenvalue weighted by Gasteiger charge is -2.35. The fraction of sp³-hybridized carbons (Fsp3) is 1.00. The summed E-state index contributed by atoms with van der Waals surface area (Å²) in [7, 11) is 1.63. The van der Waals surface area contributed by atoms with Crippen molar-refractivity contribution in [2.45, 2.75) is 45.3 Å². The summed E-state index contributed by atoms with van der Waals surface area (Å²) in [5.41, 5.74) is 0. The van der Waals surface area contributed by atoms with Gasteiger partial charge in [-0.1, -0.05) is 0 Å². The lowest BCUT2D eigenvalue weighted by Crippen LogP contribution is -2.46. The Morgan fingerprint density at radius 1 is 1.31 bits per heavy atom. The minimum atomic E-state index is -0.315. The van der Waals surface area contributed by atoms with Gasteiger partial charge < -0.3 is 14.3 Å². The highest BCUT2D eigenvalue weighted by Crippen LogP contribution is 2.17. The first-order valence-corrected chi connectivity index (χ1v) is 5.58. The zero-order chi connectivity index (χ0) is 12.0. The van der Waals surface area contributed by atoms with Crippen molar-refractivity contribution in [2.75, 3.05) is 20.2 Å². The van der Waals surface area contributed by atoms with E-state index in [1.807, 2.05) is 13.8 Å². The van der Waals surface area contributed by atoms with Gasteiger partial charge in [0.05, 0.1) is 6.10 Å². The Morgan fingerprint density at radius 3 is 2.38 bits per heavy atom. The van der Waals surface area contributed by atoms with Gasteiger partial charge in [-0.15, -0.1) is 4.91 Å². The third-order valence-corrected chi connectivity index (χ3v) is 2.56. The van der Waals surface area contributed by atoms with E-state index >= 15 is 0 Å². The zero-order valence-corrected chi connectivity index (χ0v) is 10.1. The Hall–Kier alpha value is -0.720. The minimum absolute atomic E-state index is 0.0645. The van der Waals surface area contributed by atoms with Gasteiger partial charge in [-0.05, 0) is 26.7 Å². The van der Waals surface area contributed by atoms with E-state index in [1.165, 1.54) is 0 Å². The Balaban J connectivity index is 2.35. The van der Waals surface area contributed by atoms with Crippen LogP contribution in [0.3, 0.4) is 0 Å². The van der Waals surface area contributed by atoms with Crippen LogP contribution in [0.5, 0.6) is 0 Å². The molecule has 0 amide bonds. The van der Waals surface area contributed by atoms with E-state index in [4.69, 9.17) is 9.47 Å². The monoisotopic (exact) mass is 232 g/mol. The molecule has 0 bridgehead atoms. The lowest BCUT2D eigenvalue weighted by molar-refractivity contribution is -0.234. The van der Waals surface area contributed by atoms with Crippen LogP contribution >= 0.6 is 0 Å². The van der Waals surface area contributed by atoms with E-state index in [0.717, 1.165) is 25.9 Å². The van der Waals surface area contributed by atoms with Gasteiger partial charge in [0.15, 0.2) is 5.34 Å². The van der Waals surface area contributed by atoms with Gasteiger partial charge in [-0.25, -0.2) is 0 Å². The number of rotatable bonds is 6. The average Bonchev–Trinajstić information content (AvgIpc) is 2.27. The third-order valence-electron chi connectivity index (χ3n) is 2.56. The Bertz CT molecular complexity index is 205. The highest BCUT2D eigenvalue weighted by Gasteiger charge is 2.27. The van der Waals surface area contributed by atoms with E-state index < -0.39 is 0 Å². The molecule has 16 heavy (non-hydrogen) atoms. The molecule has 0 aromatic rings. The number of methoxy groups -OCH3 is 1. The van der Waals surface area contributed by atoms with E-state index in [1.54, 1.807) is 7.11 Å². The second-order valence-electron chi connectivity index (χ2n) is 4.14. The standard InChI is InChI=1S/C10H20N2O4/c1-8(2)15-10(14-3)12-6-4-9(5-7-12)16-11-13/h8-10H,4-7H2,1-3H3. The van der Waals surface area contributed by atoms with Crippen LogP contribution in [0.2, 0.25) is 0 Å². The summed E-state index contributed by atoms with van der Waals surface area (Å²) in [5.74, 6) is 0. The zero-order valence-electron chi connectivity index (χ0n) is 10.1. The van der Waals surface area contributed by atoms with Crippen molar-refractivity contribution in [1.29, 1.82) is 0 Å². The van der Waals surface area contributed by atoms with Gasteiger partial charge >= 0.3 is 0 Å². The summed E-state index contributed by atoms with van der Waals surface area (Å²) in [4.78, 5) is 16.7. The topological polar surface area (TPSA) is 60.4 Å². The summed E-state index contributed by atoms with van der Waals surface area (Å²) < 4.78 is 10.9. The quantitative estimate of drug-likeness (QED) is 0.394. The van der Waals surface area contributed by atoms with Gasteiger partial charge in [0.2, 0.25) is 6.41 Å². The van der Waals surface area contributed by atoms with Crippen molar-refractivity contribution >= 4 is 0 Å². The molecule has 1 aliphatic heterocycles. The van der Waals surface area contributed by atoms with E-state index in [0.29, 0.717) is 0 Å². The van der Waals surface area contributed by atoms with Crippen LogP contribution in [0.25, 0.3) is 0 Å². The largest absolute Gasteiger partial charge is 0.361 e. The molecule has 6 heteroatoms. The third kappa shape index (κ3) is 4.03. The molecular formula is C10H20N2O4. The molecule has 94 valence electrons. The van der Waals surface area contributed by atoms with Crippen molar-refractivity contribution in [1.82, 2.24) is 4.90 Å². The number of hydrogen-bond acceptors (Lipinski definition) is 6. The lowest BCUT2D eigenvalue weighted by atomic mass is 10.1. The fourth-order valence-electron chi connectivity index (χ4n) is 1.78. The smallest absolute Gasteiger partial charge is 0.218 e. The Kier molecular flexibility index (Phi) is 5.65. The van der Waals surface area contributed by atoms with Crippen molar-refractivity contribution < 1.29 is 14.3 Å². The molecule has 0 saturated carbocycles. The second kappa shape index (κ2) is 6.78. The first kappa shape index (κ1) is 13.3. The molecule has 0 spiro atoms. The van der Waals surface area contributed by atoms with E-state index in [2.05, 4.69) is 15.1 Å². The fourth-order valence-corrected chi connectivity index (χ4v) is 1.78. The van der Waals surface area contributed by atoms with E-state index in [-0.39, 0.29) is 18.6 Å². The van der Waals surface area contributed by atoms with Crippen LogP contribution < -0.4 is 0 Å². The number of hydrogen-bond donors (Lipinski definition) is 0. The number of ether oxygens (including phenoxy) is 2. The number of likely N-dealkylation sites (tertiary alicyclic amines) is 1.